The van der Waals surface area contributed by atoms with Crippen LogP contribution >= 0.6 is 11.3 Å². The van der Waals surface area contributed by atoms with Gasteiger partial charge in [-0.3, -0.25) is 4.79 Å². The van der Waals surface area contributed by atoms with Gasteiger partial charge in [0.05, 0.1) is 12.6 Å². The van der Waals surface area contributed by atoms with Crippen LogP contribution in [0.4, 0.5) is 0 Å². The van der Waals surface area contributed by atoms with E-state index in [2.05, 4.69) is 23.7 Å². The molecule has 0 radical (unpaired) electrons. The van der Waals surface area contributed by atoms with E-state index in [9.17, 15) is 4.79 Å². The summed E-state index contributed by atoms with van der Waals surface area (Å²) in [5.74, 6) is -0.0442. The Labute approximate surface area is 101 Å². The molecule has 1 aromatic heterocycles. The molecule has 0 fully saturated rings. The first-order valence-electron chi connectivity index (χ1n) is 5.77. The highest BCUT2D eigenvalue weighted by atomic mass is 32.1. The predicted octanol–water partition coefficient (Wildman–Crippen LogP) is 2.05. The lowest BCUT2D eigenvalue weighted by Crippen LogP contribution is -2.40. The lowest BCUT2D eigenvalue weighted by atomic mass is 10.1. The summed E-state index contributed by atoms with van der Waals surface area (Å²) >= 11 is 1.69. The second kappa shape index (κ2) is 6.66. The minimum absolute atomic E-state index is 0.0442. The molecule has 0 bridgehead atoms. The molecule has 0 spiro atoms. The zero-order valence-electron chi connectivity index (χ0n) is 9.95. The summed E-state index contributed by atoms with van der Waals surface area (Å²) < 4.78 is 0. The van der Waals surface area contributed by atoms with Crippen molar-refractivity contribution in [2.24, 2.45) is 5.73 Å². The van der Waals surface area contributed by atoms with Gasteiger partial charge in [0.2, 0.25) is 5.91 Å². The largest absolute Gasteiger partial charge is 0.350 e. The number of rotatable bonds is 6. The van der Waals surface area contributed by atoms with Crippen LogP contribution in [0.3, 0.4) is 0 Å². The van der Waals surface area contributed by atoms with Gasteiger partial charge in [0.15, 0.2) is 0 Å². The summed E-state index contributed by atoms with van der Waals surface area (Å²) in [6, 6.07) is 1.74. The van der Waals surface area contributed by atoms with Crippen LogP contribution in [-0.4, -0.2) is 11.9 Å². The molecule has 3 N–H and O–H groups in total. The third kappa shape index (κ3) is 3.61. The summed E-state index contributed by atoms with van der Waals surface area (Å²) in [4.78, 5) is 12.8. The smallest absolute Gasteiger partial charge is 0.237 e. The van der Waals surface area contributed by atoms with E-state index in [0.717, 1.165) is 19.3 Å². The standard InChI is InChI=1S/C12H20N2OS/c1-3-5-10(13)12(15)14-8-11-9(4-2)6-7-16-11/h6-7,10H,3-5,8,13H2,1-2H3,(H,14,15)/t10-/m0/s1. The Morgan fingerprint density at radius 3 is 2.94 bits per heavy atom. The van der Waals surface area contributed by atoms with Crippen LogP contribution in [-0.2, 0) is 17.8 Å². The zero-order chi connectivity index (χ0) is 12.0. The van der Waals surface area contributed by atoms with Crippen LogP contribution in [0.25, 0.3) is 0 Å². The van der Waals surface area contributed by atoms with E-state index < -0.39 is 0 Å². The Balaban J connectivity index is 2.42. The highest BCUT2D eigenvalue weighted by Crippen LogP contribution is 2.16. The van der Waals surface area contributed by atoms with Crippen LogP contribution in [0, 0.1) is 0 Å². The Kier molecular flexibility index (Phi) is 5.49. The molecule has 16 heavy (non-hydrogen) atoms. The normalized spacial score (nSPS) is 12.4. The van der Waals surface area contributed by atoms with Gasteiger partial charge in [-0.25, -0.2) is 0 Å². The first kappa shape index (κ1) is 13.2. The first-order valence-corrected chi connectivity index (χ1v) is 6.65. The monoisotopic (exact) mass is 240 g/mol. The van der Waals surface area contributed by atoms with Crippen LogP contribution < -0.4 is 11.1 Å². The van der Waals surface area contributed by atoms with Crippen molar-refractivity contribution in [1.29, 1.82) is 0 Å². The maximum absolute atomic E-state index is 11.6. The van der Waals surface area contributed by atoms with Crippen molar-refractivity contribution in [2.75, 3.05) is 0 Å². The Morgan fingerprint density at radius 1 is 1.56 bits per heavy atom. The molecule has 1 amide bonds. The Bertz CT molecular complexity index is 336. The molecule has 0 aliphatic carbocycles. The molecule has 4 heteroatoms. The van der Waals surface area contributed by atoms with Gasteiger partial charge in [0, 0.05) is 4.88 Å². The van der Waals surface area contributed by atoms with Crippen LogP contribution in [0.15, 0.2) is 11.4 Å². The molecule has 0 aliphatic rings. The average Bonchev–Trinajstić information content (AvgIpc) is 2.73. The van der Waals surface area contributed by atoms with E-state index in [4.69, 9.17) is 5.73 Å². The van der Waals surface area contributed by atoms with Gasteiger partial charge in [-0.2, -0.15) is 0 Å². The molecule has 0 aromatic carbocycles. The summed E-state index contributed by atoms with van der Waals surface area (Å²) in [7, 11) is 0. The van der Waals surface area contributed by atoms with E-state index in [-0.39, 0.29) is 11.9 Å². The first-order chi connectivity index (χ1) is 7.69. The quantitative estimate of drug-likeness (QED) is 0.799. The molecule has 3 nitrogen and oxygen atoms in total. The highest BCUT2D eigenvalue weighted by Gasteiger charge is 2.12. The van der Waals surface area contributed by atoms with Crippen molar-refractivity contribution in [3.8, 4) is 0 Å². The van der Waals surface area contributed by atoms with Crippen molar-refractivity contribution in [1.82, 2.24) is 5.32 Å². The lowest BCUT2D eigenvalue weighted by Gasteiger charge is -2.11. The van der Waals surface area contributed by atoms with E-state index in [1.807, 2.05) is 6.92 Å². The molecule has 1 rings (SSSR count). The highest BCUT2D eigenvalue weighted by molar-refractivity contribution is 7.10. The van der Waals surface area contributed by atoms with Crippen LogP contribution in [0.2, 0.25) is 0 Å². The van der Waals surface area contributed by atoms with Crippen LogP contribution in [0.5, 0.6) is 0 Å². The second-order valence-electron chi connectivity index (χ2n) is 3.84. The van der Waals surface area contributed by atoms with Gasteiger partial charge in [0.1, 0.15) is 0 Å². The molecule has 1 atom stereocenters. The summed E-state index contributed by atoms with van der Waals surface area (Å²) in [6.45, 7) is 4.76. The number of carbonyl (C=O) groups is 1. The number of hydrogen-bond acceptors (Lipinski definition) is 3. The van der Waals surface area contributed by atoms with Gasteiger partial charge in [-0.15, -0.1) is 11.3 Å². The topological polar surface area (TPSA) is 55.1 Å². The number of thiophene rings is 1. The third-order valence-corrected chi connectivity index (χ3v) is 3.54. The fourth-order valence-corrected chi connectivity index (χ4v) is 2.49. The van der Waals surface area contributed by atoms with E-state index in [0.29, 0.717) is 6.54 Å². The van der Waals surface area contributed by atoms with Crippen molar-refractivity contribution < 1.29 is 4.79 Å². The minimum atomic E-state index is -0.366. The Morgan fingerprint density at radius 2 is 2.31 bits per heavy atom. The van der Waals surface area contributed by atoms with Gasteiger partial charge in [-0.1, -0.05) is 20.3 Å². The fourth-order valence-electron chi connectivity index (χ4n) is 1.58. The van der Waals surface area contributed by atoms with Gasteiger partial charge >= 0.3 is 0 Å². The van der Waals surface area contributed by atoms with E-state index in [1.54, 1.807) is 11.3 Å². The number of carbonyl (C=O) groups excluding carboxylic acids is 1. The third-order valence-electron chi connectivity index (χ3n) is 2.58. The number of nitrogens with two attached hydrogens (primary N) is 1. The van der Waals surface area contributed by atoms with Gasteiger partial charge in [-0.05, 0) is 29.9 Å². The number of nitrogens with one attached hydrogen (secondary N) is 1. The van der Waals surface area contributed by atoms with Crippen molar-refractivity contribution >= 4 is 17.2 Å². The van der Waals surface area contributed by atoms with E-state index in [1.165, 1.54) is 10.4 Å². The molecular weight excluding hydrogens is 220 g/mol. The van der Waals surface area contributed by atoms with Crippen molar-refractivity contribution in [3.05, 3.63) is 21.9 Å². The summed E-state index contributed by atoms with van der Waals surface area (Å²) in [5.41, 5.74) is 7.04. The number of amides is 1. The predicted molar refractivity (Wildman–Crippen MR) is 68.4 cm³/mol. The molecule has 0 aliphatic heterocycles. The second-order valence-corrected chi connectivity index (χ2v) is 4.84. The molecule has 1 aromatic rings. The number of hydrogen-bond donors (Lipinski definition) is 2. The summed E-state index contributed by atoms with van der Waals surface area (Å²) in [6.07, 6.45) is 2.69. The minimum Gasteiger partial charge on any atom is -0.350 e. The van der Waals surface area contributed by atoms with Gasteiger partial charge < -0.3 is 11.1 Å². The molecular formula is C12H20N2OS. The average molecular weight is 240 g/mol. The SMILES string of the molecule is CCC[C@H](N)C(=O)NCc1sccc1CC. The molecule has 90 valence electrons. The number of aryl methyl sites for hydroxylation is 1. The molecule has 0 saturated carbocycles. The summed E-state index contributed by atoms with van der Waals surface area (Å²) in [5, 5.41) is 4.95. The fraction of sp³-hybridized carbons (Fsp3) is 0.583. The van der Waals surface area contributed by atoms with E-state index >= 15 is 0 Å². The Hall–Kier alpha value is -0.870. The molecule has 1 heterocycles. The molecule has 0 unspecified atom stereocenters. The van der Waals surface area contributed by atoms with Crippen molar-refractivity contribution in [2.45, 2.75) is 45.7 Å². The van der Waals surface area contributed by atoms with Crippen molar-refractivity contribution in [3.63, 3.8) is 0 Å². The van der Waals surface area contributed by atoms with Crippen LogP contribution in [0.1, 0.15) is 37.1 Å². The lowest BCUT2D eigenvalue weighted by molar-refractivity contribution is -0.122. The maximum atomic E-state index is 11.6. The zero-order valence-corrected chi connectivity index (χ0v) is 10.8. The van der Waals surface area contributed by atoms with Gasteiger partial charge in [0.25, 0.3) is 0 Å². The molecule has 0 saturated heterocycles. The maximum Gasteiger partial charge on any atom is 0.237 e.